The van der Waals surface area contributed by atoms with Crippen molar-refractivity contribution in [2.45, 2.75) is 0 Å². The van der Waals surface area contributed by atoms with Gasteiger partial charge in [0.15, 0.2) is 0 Å². The number of aliphatic carboxylic acids is 1. The van der Waals surface area contributed by atoms with E-state index in [4.69, 9.17) is 5.11 Å². The van der Waals surface area contributed by atoms with E-state index in [0.717, 1.165) is 4.90 Å². The van der Waals surface area contributed by atoms with Crippen LogP contribution in [0.3, 0.4) is 0 Å². The van der Waals surface area contributed by atoms with Gasteiger partial charge in [0.25, 0.3) is 5.91 Å². The van der Waals surface area contributed by atoms with Gasteiger partial charge in [-0.25, -0.2) is 0 Å². The van der Waals surface area contributed by atoms with E-state index in [-0.39, 0.29) is 12.5 Å². The number of carbonyl (C=O) groups excluding carboxylic acids is 1. The van der Waals surface area contributed by atoms with Crippen LogP contribution in [-0.4, -0.2) is 28.4 Å². The summed E-state index contributed by atoms with van der Waals surface area (Å²) in [5.74, 6) is -1.36. The highest BCUT2D eigenvalue weighted by atomic mass is 16.4. The van der Waals surface area contributed by atoms with Crippen LogP contribution in [-0.2, 0) is 9.59 Å². The van der Waals surface area contributed by atoms with E-state index < -0.39 is 5.97 Å². The zero-order chi connectivity index (χ0) is 8.43. The largest absolute Gasteiger partial charge is 0.480 e. The van der Waals surface area contributed by atoms with Crippen molar-refractivity contribution in [1.82, 2.24) is 4.90 Å². The molecule has 0 spiro atoms. The maximum atomic E-state index is 10.8. The first-order valence-corrected chi connectivity index (χ1v) is 3.01. The Balaban J connectivity index is 2.66. The lowest BCUT2D eigenvalue weighted by molar-refractivity contribution is -0.141. The average molecular weight is 153 g/mol. The highest BCUT2D eigenvalue weighted by Crippen LogP contribution is 2.11. The highest BCUT2D eigenvalue weighted by Gasteiger charge is 2.20. The lowest BCUT2D eigenvalue weighted by Crippen LogP contribution is -2.29. The van der Waals surface area contributed by atoms with Crippen molar-refractivity contribution in [3.63, 3.8) is 0 Å². The van der Waals surface area contributed by atoms with Gasteiger partial charge in [-0.05, 0) is 6.08 Å². The Kier molecular flexibility index (Phi) is 1.76. The third-order valence-corrected chi connectivity index (χ3v) is 1.32. The molecular weight excluding hydrogens is 146 g/mol. The summed E-state index contributed by atoms with van der Waals surface area (Å²) in [6.07, 6.45) is 2.79. The molecule has 1 amide bonds. The number of carboxylic acids is 1. The van der Waals surface area contributed by atoms with Crippen molar-refractivity contribution in [3.05, 3.63) is 24.4 Å². The third-order valence-electron chi connectivity index (χ3n) is 1.32. The molecule has 58 valence electrons. The zero-order valence-electron chi connectivity index (χ0n) is 5.78. The summed E-state index contributed by atoms with van der Waals surface area (Å²) in [5, 5.41) is 8.35. The van der Waals surface area contributed by atoms with E-state index >= 15 is 0 Å². The summed E-state index contributed by atoms with van der Waals surface area (Å²) in [4.78, 5) is 22.1. The number of carbonyl (C=O) groups is 2. The van der Waals surface area contributed by atoms with Gasteiger partial charge in [-0.1, -0.05) is 6.58 Å². The van der Waals surface area contributed by atoms with Gasteiger partial charge < -0.3 is 5.11 Å². The van der Waals surface area contributed by atoms with Gasteiger partial charge >= 0.3 is 5.97 Å². The van der Waals surface area contributed by atoms with Crippen molar-refractivity contribution >= 4 is 11.9 Å². The minimum absolute atomic E-state index is 0.315. The number of nitrogens with zero attached hydrogens (tertiary/aromatic N) is 1. The molecule has 11 heavy (non-hydrogen) atoms. The van der Waals surface area contributed by atoms with Crippen molar-refractivity contribution < 1.29 is 14.7 Å². The van der Waals surface area contributed by atoms with Crippen LogP contribution in [0.25, 0.3) is 0 Å². The summed E-state index contributed by atoms with van der Waals surface area (Å²) in [6.45, 7) is 3.18. The fourth-order valence-electron chi connectivity index (χ4n) is 0.804. The first-order chi connectivity index (χ1) is 5.11. The number of hydrogen-bond donors (Lipinski definition) is 1. The number of rotatable bonds is 2. The second kappa shape index (κ2) is 2.57. The molecule has 0 saturated heterocycles. The van der Waals surface area contributed by atoms with Gasteiger partial charge in [-0.15, -0.1) is 0 Å². The molecule has 4 heteroatoms. The number of hydrogen-bond acceptors (Lipinski definition) is 2. The standard InChI is InChI=1S/C7H7NO3/c1-5-2-3-6(9)8(5)4-7(10)11/h2-3H,1,4H2,(H,10,11). The molecule has 0 aromatic heterocycles. The molecule has 4 nitrogen and oxygen atoms in total. The maximum absolute atomic E-state index is 10.8. The SMILES string of the molecule is C=C1C=CC(=O)N1CC(=O)O. The summed E-state index contributed by atoms with van der Waals surface area (Å²) >= 11 is 0. The van der Waals surface area contributed by atoms with Gasteiger partial charge in [0.05, 0.1) is 0 Å². The topological polar surface area (TPSA) is 57.6 Å². The van der Waals surface area contributed by atoms with Crippen LogP contribution in [0.5, 0.6) is 0 Å². The summed E-state index contributed by atoms with van der Waals surface area (Å²) in [5.41, 5.74) is 0.428. The van der Waals surface area contributed by atoms with E-state index in [2.05, 4.69) is 6.58 Å². The lowest BCUT2D eigenvalue weighted by atomic mass is 10.4. The second-order valence-corrected chi connectivity index (χ2v) is 2.14. The van der Waals surface area contributed by atoms with Gasteiger partial charge in [0, 0.05) is 11.8 Å². The fraction of sp³-hybridized carbons (Fsp3) is 0.143. The Hall–Kier alpha value is -1.58. The smallest absolute Gasteiger partial charge is 0.323 e. The molecule has 1 rings (SSSR count). The van der Waals surface area contributed by atoms with Gasteiger partial charge in [0.2, 0.25) is 0 Å². The first kappa shape index (κ1) is 7.53. The summed E-state index contributed by atoms with van der Waals surface area (Å²) in [6, 6.07) is 0. The second-order valence-electron chi connectivity index (χ2n) is 2.14. The van der Waals surface area contributed by atoms with E-state index in [1.165, 1.54) is 12.2 Å². The molecule has 0 aromatic rings. The highest BCUT2D eigenvalue weighted by molar-refractivity contribution is 5.95. The van der Waals surface area contributed by atoms with Crippen molar-refractivity contribution in [1.29, 1.82) is 0 Å². The minimum Gasteiger partial charge on any atom is -0.480 e. The molecule has 0 aliphatic carbocycles. The van der Waals surface area contributed by atoms with Gasteiger partial charge in [-0.2, -0.15) is 0 Å². The van der Waals surface area contributed by atoms with Crippen LogP contribution >= 0.6 is 0 Å². The maximum Gasteiger partial charge on any atom is 0.323 e. The molecule has 0 atom stereocenters. The molecule has 1 heterocycles. The molecule has 0 unspecified atom stereocenters. The monoisotopic (exact) mass is 153 g/mol. The van der Waals surface area contributed by atoms with Crippen LogP contribution in [0.2, 0.25) is 0 Å². The molecule has 0 saturated carbocycles. The third kappa shape index (κ3) is 1.46. The Morgan fingerprint density at radius 1 is 1.64 bits per heavy atom. The molecule has 0 bridgehead atoms. The van der Waals surface area contributed by atoms with E-state index in [1.807, 2.05) is 0 Å². The predicted molar refractivity (Wildman–Crippen MR) is 37.6 cm³/mol. The number of carboxylic acid groups (broad SMARTS) is 1. The minimum atomic E-state index is -1.04. The Labute approximate surface area is 63.4 Å². The van der Waals surface area contributed by atoms with Crippen LogP contribution in [0.4, 0.5) is 0 Å². The zero-order valence-corrected chi connectivity index (χ0v) is 5.78. The van der Waals surface area contributed by atoms with E-state index in [9.17, 15) is 9.59 Å². The first-order valence-electron chi connectivity index (χ1n) is 3.01. The predicted octanol–water partition coefficient (Wildman–Crippen LogP) is -0.0169. The number of allylic oxidation sites excluding steroid dienone is 1. The molecule has 1 aliphatic rings. The van der Waals surface area contributed by atoms with Crippen molar-refractivity contribution in [2.24, 2.45) is 0 Å². The quantitative estimate of drug-likeness (QED) is 0.606. The Morgan fingerprint density at radius 3 is 2.64 bits per heavy atom. The molecule has 0 radical (unpaired) electrons. The van der Waals surface area contributed by atoms with Gasteiger partial charge in [0.1, 0.15) is 6.54 Å². The van der Waals surface area contributed by atoms with E-state index in [0.29, 0.717) is 5.70 Å². The lowest BCUT2D eigenvalue weighted by Gasteiger charge is -2.13. The van der Waals surface area contributed by atoms with Crippen LogP contribution in [0.15, 0.2) is 24.4 Å². The van der Waals surface area contributed by atoms with Crippen LogP contribution in [0.1, 0.15) is 0 Å². The molecule has 0 fully saturated rings. The fourth-order valence-corrected chi connectivity index (χ4v) is 0.804. The van der Waals surface area contributed by atoms with E-state index in [1.54, 1.807) is 0 Å². The summed E-state index contributed by atoms with van der Waals surface area (Å²) in [7, 11) is 0. The Morgan fingerprint density at radius 2 is 2.27 bits per heavy atom. The molecule has 1 aliphatic heterocycles. The van der Waals surface area contributed by atoms with Crippen molar-refractivity contribution in [2.75, 3.05) is 6.54 Å². The summed E-state index contributed by atoms with van der Waals surface area (Å²) < 4.78 is 0. The number of amides is 1. The molecular formula is C7H7NO3. The van der Waals surface area contributed by atoms with Crippen LogP contribution < -0.4 is 0 Å². The Bertz CT molecular complexity index is 236. The van der Waals surface area contributed by atoms with Crippen molar-refractivity contribution in [3.8, 4) is 0 Å². The average Bonchev–Trinajstić information content (AvgIpc) is 2.18. The molecule has 0 aromatic carbocycles. The normalized spacial score (nSPS) is 16.2. The van der Waals surface area contributed by atoms with Crippen LogP contribution in [0, 0.1) is 0 Å². The van der Waals surface area contributed by atoms with Gasteiger partial charge in [-0.3, -0.25) is 14.5 Å². The molecule has 1 N–H and O–H groups in total.